The van der Waals surface area contributed by atoms with Crippen LogP contribution in [0.4, 0.5) is 0 Å². The summed E-state index contributed by atoms with van der Waals surface area (Å²) in [4.78, 5) is 1.48. The molecule has 0 saturated heterocycles. The summed E-state index contributed by atoms with van der Waals surface area (Å²) < 4.78 is 0. The minimum atomic E-state index is 0.285. The van der Waals surface area contributed by atoms with Gasteiger partial charge in [0.05, 0.1) is 5.38 Å². The summed E-state index contributed by atoms with van der Waals surface area (Å²) in [6, 6.07) is 8.81. The molecule has 1 heterocycles. The topological polar surface area (TPSA) is 0 Å². The van der Waals surface area contributed by atoms with Crippen molar-refractivity contribution in [2.24, 2.45) is 0 Å². The van der Waals surface area contributed by atoms with Crippen LogP contribution in [0.5, 0.6) is 0 Å². The average molecular weight is 265 g/mol. The Morgan fingerprint density at radius 1 is 1.29 bits per heavy atom. The number of rotatable bonds is 2. The molecule has 0 saturated carbocycles. The highest BCUT2D eigenvalue weighted by Crippen LogP contribution is 2.40. The third kappa shape index (κ3) is 2.71. The Morgan fingerprint density at radius 3 is 3.00 bits per heavy atom. The van der Waals surface area contributed by atoms with E-state index in [2.05, 4.69) is 30.3 Å². The number of allylic oxidation sites excluding steroid dienone is 2. The quantitative estimate of drug-likeness (QED) is 0.546. The van der Waals surface area contributed by atoms with Crippen LogP contribution >= 0.6 is 23.4 Å². The van der Waals surface area contributed by atoms with Crippen LogP contribution < -0.4 is 0 Å². The van der Waals surface area contributed by atoms with E-state index in [1.54, 1.807) is 5.57 Å². The molecule has 1 aliphatic carbocycles. The predicted molar refractivity (Wildman–Crippen MR) is 76.0 cm³/mol. The van der Waals surface area contributed by atoms with E-state index in [1.807, 2.05) is 11.8 Å². The minimum absolute atomic E-state index is 0.285. The van der Waals surface area contributed by atoms with Gasteiger partial charge < -0.3 is 0 Å². The lowest BCUT2D eigenvalue weighted by atomic mass is 9.94. The van der Waals surface area contributed by atoms with Crippen molar-refractivity contribution in [1.82, 2.24) is 0 Å². The summed E-state index contributed by atoms with van der Waals surface area (Å²) in [5, 5.41) is 1.02. The second-order valence-electron chi connectivity index (χ2n) is 4.99. The van der Waals surface area contributed by atoms with Gasteiger partial charge in [0.1, 0.15) is 0 Å². The van der Waals surface area contributed by atoms with Gasteiger partial charge in [0.25, 0.3) is 0 Å². The Labute approximate surface area is 112 Å². The minimum Gasteiger partial charge on any atom is -0.122 e. The fourth-order valence-corrected chi connectivity index (χ4v) is 4.49. The smallest absolute Gasteiger partial charge is 0.0518 e. The van der Waals surface area contributed by atoms with Crippen molar-refractivity contribution in [3.8, 4) is 0 Å². The summed E-state index contributed by atoms with van der Waals surface area (Å²) in [6.45, 7) is 0. The van der Waals surface area contributed by atoms with Crippen LogP contribution in [0.1, 0.15) is 31.2 Å². The van der Waals surface area contributed by atoms with Gasteiger partial charge in [-0.25, -0.2) is 0 Å². The average Bonchev–Trinajstić information content (AvgIpc) is 2.71. The first-order chi connectivity index (χ1) is 8.31. The third-order valence-corrected chi connectivity index (χ3v) is 5.26. The first kappa shape index (κ1) is 11.7. The molecule has 0 bridgehead atoms. The zero-order valence-corrected chi connectivity index (χ0v) is 11.4. The van der Waals surface area contributed by atoms with Gasteiger partial charge in [-0.15, -0.1) is 23.4 Å². The van der Waals surface area contributed by atoms with Crippen LogP contribution in [-0.4, -0.2) is 10.6 Å². The summed E-state index contributed by atoms with van der Waals surface area (Å²) in [7, 11) is 0. The number of fused-ring (bicyclic) bond motifs is 1. The van der Waals surface area contributed by atoms with Gasteiger partial charge in [0.2, 0.25) is 0 Å². The lowest BCUT2D eigenvalue weighted by molar-refractivity contribution is 0.670. The molecule has 1 aliphatic heterocycles. The van der Waals surface area contributed by atoms with Gasteiger partial charge in [0, 0.05) is 10.1 Å². The molecule has 0 amide bonds. The zero-order chi connectivity index (χ0) is 11.7. The van der Waals surface area contributed by atoms with E-state index in [-0.39, 0.29) is 5.38 Å². The fraction of sp³-hybridized carbons (Fsp3) is 0.467. The standard InChI is InChI=1S/C15H17ClS/c16-13-6-3-4-11(8-13)9-14-10-12-5-1-2-7-15(12)17-14/h1-2,5,7-8,13-14H,3-4,6,9-10H2. The van der Waals surface area contributed by atoms with E-state index in [4.69, 9.17) is 11.6 Å². The van der Waals surface area contributed by atoms with Gasteiger partial charge >= 0.3 is 0 Å². The van der Waals surface area contributed by atoms with Crippen LogP contribution in [-0.2, 0) is 6.42 Å². The van der Waals surface area contributed by atoms with Gasteiger partial charge in [-0.05, 0) is 43.7 Å². The summed E-state index contributed by atoms with van der Waals surface area (Å²) >= 11 is 8.25. The maximum absolute atomic E-state index is 6.20. The Hall–Kier alpha value is -0.400. The molecule has 2 unspecified atom stereocenters. The Bertz CT molecular complexity index is 413. The molecule has 17 heavy (non-hydrogen) atoms. The lowest BCUT2D eigenvalue weighted by Gasteiger charge is -2.18. The highest BCUT2D eigenvalue weighted by atomic mass is 35.5. The number of hydrogen-bond donors (Lipinski definition) is 0. The molecule has 1 aromatic carbocycles. The molecule has 3 rings (SSSR count). The van der Waals surface area contributed by atoms with Crippen molar-refractivity contribution in [1.29, 1.82) is 0 Å². The van der Waals surface area contributed by atoms with E-state index in [0.29, 0.717) is 0 Å². The fourth-order valence-electron chi connectivity index (χ4n) is 2.78. The second-order valence-corrected chi connectivity index (χ2v) is 6.89. The molecule has 0 fully saturated rings. The maximum Gasteiger partial charge on any atom is 0.0518 e. The van der Waals surface area contributed by atoms with Gasteiger partial charge in [0.15, 0.2) is 0 Å². The monoisotopic (exact) mass is 264 g/mol. The zero-order valence-electron chi connectivity index (χ0n) is 9.86. The molecule has 0 N–H and O–H groups in total. The molecule has 90 valence electrons. The number of benzene rings is 1. The van der Waals surface area contributed by atoms with Crippen LogP contribution in [0.2, 0.25) is 0 Å². The van der Waals surface area contributed by atoms with Crippen LogP contribution in [0.25, 0.3) is 0 Å². The first-order valence-electron chi connectivity index (χ1n) is 6.39. The van der Waals surface area contributed by atoms with Crippen molar-refractivity contribution in [2.45, 2.75) is 47.6 Å². The Balaban J connectivity index is 1.66. The van der Waals surface area contributed by atoms with Crippen molar-refractivity contribution < 1.29 is 0 Å². The van der Waals surface area contributed by atoms with Crippen molar-refractivity contribution in [2.75, 3.05) is 0 Å². The molecule has 2 heteroatoms. The molecular formula is C15H17ClS. The van der Waals surface area contributed by atoms with Crippen LogP contribution in [0, 0.1) is 0 Å². The van der Waals surface area contributed by atoms with Crippen molar-refractivity contribution in [3.05, 3.63) is 41.5 Å². The summed E-state index contributed by atoms with van der Waals surface area (Å²) in [6.07, 6.45) is 8.44. The predicted octanol–water partition coefficient (Wildman–Crippen LogP) is 4.81. The Kier molecular flexibility index (Phi) is 3.49. The summed E-state index contributed by atoms with van der Waals surface area (Å²) in [5.74, 6) is 0. The number of halogens is 1. The van der Waals surface area contributed by atoms with E-state index in [9.17, 15) is 0 Å². The molecule has 0 spiro atoms. The lowest BCUT2D eigenvalue weighted by Crippen LogP contribution is -2.08. The normalized spacial score (nSPS) is 27.7. The van der Waals surface area contributed by atoms with Crippen LogP contribution in [0.3, 0.4) is 0 Å². The van der Waals surface area contributed by atoms with Gasteiger partial charge in [-0.3, -0.25) is 0 Å². The number of hydrogen-bond acceptors (Lipinski definition) is 1. The van der Waals surface area contributed by atoms with Crippen molar-refractivity contribution >= 4 is 23.4 Å². The maximum atomic E-state index is 6.20. The van der Waals surface area contributed by atoms with Gasteiger partial charge in [-0.1, -0.05) is 29.8 Å². The largest absolute Gasteiger partial charge is 0.122 e. The van der Waals surface area contributed by atoms with E-state index in [0.717, 1.165) is 11.7 Å². The molecule has 2 aliphatic rings. The number of thioether (sulfide) groups is 1. The highest BCUT2D eigenvalue weighted by Gasteiger charge is 2.23. The molecule has 2 atom stereocenters. The highest BCUT2D eigenvalue weighted by molar-refractivity contribution is 8.00. The van der Waals surface area contributed by atoms with E-state index >= 15 is 0 Å². The third-order valence-electron chi connectivity index (χ3n) is 3.60. The number of alkyl halides is 1. The molecule has 0 aromatic heterocycles. The van der Waals surface area contributed by atoms with Crippen LogP contribution in [0.15, 0.2) is 40.8 Å². The summed E-state index contributed by atoms with van der Waals surface area (Å²) in [5.41, 5.74) is 3.11. The Morgan fingerprint density at radius 2 is 2.18 bits per heavy atom. The SMILES string of the molecule is ClC1C=C(CC2Cc3ccccc3S2)CCC1. The van der Waals surface area contributed by atoms with Crippen molar-refractivity contribution in [3.63, 3.8) is 0 Å². The molecule has 1 aromatic rings. The van der Waals surface area contributed by atoms with E-state index in [1.165, 1.54) is 36.1 Å². The second kappa shape index (κ2) is 5.07. The molecular weight excluding hydrogens is 248 g/mol. The van der Waals surface area contributed by atoms with Gasteiger partial charge in [-0.2, -0.15) is 0 Å². The molecule has 0 nitrogen and oxygen atoms in total. The first-order valence-corrected chi connectivity index (χ1v) is 7.71. The van der Waals surface area contributed by atoms with E-state index < -0.39 is 0 Å². The molecule has 0 radical (unpaired) electrons.